The Morgan fingerprint density at radius 1 is 0.947 bits per heavy atom. The van der Waals surface area contributed by atoms with Gasteiger partial charge in [0.25, 0.3) is 20.0 Å². The van der Waals surface area contributed by atoms with E-state index in [-0.39, 0.29) is 20.5 Å². The summed E-state index contributed by atoms with van der Waals surface area (Å²) >= 11 is 1.09. The van der Waals surface area contributed by atoms with Crippen LogP contribution in [-0.2, 0) is 26.6 Å². The summed E-state index contributed by atoms with van der Waals surface area (Å²) in [6.45, 7) is 2.72. The molecule has 0 aliphatic heterocycles. The van der Waals surface area contributed by atoms with Gasteiger partial charge in [0.15, 0.2) is 0 Å². The van der Waals surface area contributed by atoms with E-state index in [0.29, 0.717) is 18.3 Å². The number of thiophene rings is 1. The molecule has 1 fully saturated rings. The van der Waals surface area contributed by atoms with Crippen LogP contribution in [0, 0.1) is 5.92 Å². The van der Waals surface area contributed by atoms with E-state index in [9.17, 15) is 16.8 Å². The molecule has 0 spiro atoms. The monoisotopic (exact) mass is 577 g/mol. The second-order valence-electron chi connectivity index (χ2n) is 9.69. The van der Waals surface area contributed by atoms with Crippen LogP contribution in [0.15, 0.2) is 69.1 Å². The van der Waals surface area contributed by atoms with Gasteiger partial charge in [-0.1, -0.05) is 56.4 Å². The lowest BCUT2D eigenvalue weighted by Crippen LogP contribution is -2.29. The minimum Gasteiger partial charge on any atom is -0.495 e. The van der Waals surface area contributed by atoms with Crippen molar-refractivity contribution < 1.29 is 21.6 Å². The Hall–Kier alpha value is -2.60. The smallest absolute Gasteiger partial charge is 0.271 e. The molecule has 38 heavy (non-hydrogen) atoms. The predicted octanol–water partition coefficient (Wildman–Crippen LogP) is 5.81. The van der Waals surface area contributed by atoms with Crippen molar-refractivity contribution in [1.29, 1.82) is 0 Å². The summed E-state index contributed by atoms with van der Waals surface area (Å²) in [5, 5.41) is 5.22. The average Bonchev–Trinajstić information content (AvgIpc) is 3.45. The molecular formula is C27H35N3O5S3. The maximum atomic E-state index is 13.4. The van der Waals surface area contributed by atoms with Gasteiger partial charge in [0, 0.05) is 18.7 Å². The normalized spacial score (nSPS) is 15.6. The van der Waals surface area contributed by atoms with Gasteiger partial charge in [-0.25, -0.2) is 16.8 Å². The third-order valence-electron chi connectivity index (χ3n) is 6.78. The van der Waals surface area contributed by atoms with E-state index in [1.165, 1.54) is 63.5 Å². The third kappa shape index (κ3) is 7.28. The van der Waals surface area contributed by atoms with Crippen LogP contribution in [0.2, 0.25) is 0 Å². The number of hydrogen-bond donors (Lipinski definition) is 3. The van der Waals surface area contributed by atoms with Crippen LogP contribution in [-0.4, -0.2) is 30.0 Å². The highest BCUT2D eigenvalue weighted by atomic mass is 32.2. The molecule has 0 bridgehead atoms. The lowest BCUT2D eigenvalue weighted by atomic mass is 9.85. The molecule has 1 heterocycles. The van der Waals surface area contributed by atoms with Crippen LogP contribution in [0.1, 0.15) is 51.0 Å². The quantitative estimate of drug-likeness (QED) is 0.251. The second-order valence-corrected chi connectivity index (χ2v) is 14.2. The number of sulfonamides is 2. The van der Waals surface area contributed by atoms with Crippen molar-refractivity contribution >= 4 is 42.8 Å². The van der Waals surface area contributed by atoms with Crippen LogP contribution in [0.4, 0.5) is 11.4 Å². The van der Waals surface area contributed by atoms with E-state index in [2.05, 4.69) is 21.7 Å². The number of anilines is 2. The van der Waals surface area contributed by atoms with E-state index >= 15 is 0 Å². The lowest BCUT2D eigenvalue weighted by Gasteiger charge is -2.25. The fourth-order valence-electron chi connectivity index (χ4n) is 4.84. The summed E-state index contributed by atoms with van der Waals surface area (Å²) in [4.78, 5) is -0.0903. The zero-order valence-corrected chi connectivity index (χ0v) is 24.1. The first-order valence-corrected chi connectivity index (χ1v) is 16.6. The van der Waals surface area contributed by atoms with Crippen LogP contribution in [0.5, 0.6) is 5.75 Å². The molecule has 0 amide bonds. The van der Waals surface area contributed by atoms with Gasteiger partial charge in [-0.2, -0.15) is 0 Å². The molecular weight excluding hydrogens is 543 g/mol. The minimum absolute atomic E-state index is 0.0283. The van der Waals surface area contributed by atoms with Crippen molar-refractivity contribution in [2.45, 2.75) is 67.1 Å². The van der Waals surface area contributed by atoms with Crippen LogP contribution in [0.3, 0.4) is 0 Å². The Bertz CT molecular complexity index is 1420. The largest absolute Gasteiger partial charge is 0.495 e. The zero-order chi connectivity index (χ0) is 27.2. The first kappa shape index (κ1) is 28.4. The first-order chi connectivity index (χ1) is 18.2. The number of nitrogens with one attached hydrogen (secondary N) is 3. The number of rotatable bonds is 12. The number of benzene rings is 2. The molecule has 1 aromatic heterocycles. The predicted molar refractivity (Wildman–Crippen MR) is 153 cm³/mol. The lowest BCUT2D eigenvalue weighted by molar-refractivity contribution is 0.305. The molecule has 1 unspecified atom stereocenters. The molecule has 2 aromatic carbocycles. The minimum atomic E-state index is -4.02. The molecule has 1 aliphatic rings. The van der Waals surface area contributed by atoms with Gasteiger partial charge < -0.3 is 10.1 Å². The molecule has 206 valence electrons. The Morgan fingerprint density at radius 2 is 1.71 bits per heavy atom. The molecule has 1 atom stereocenters. The molecule has 1 aliphatic carbocycles. The van der Waals surface area contributed by atoms with Gasteiger partial charge in [-0.05, 0) is 54.5 Å². The topological polar surface area (TPSA) is 114 Å². The molecule has 8 nitrogen and oxygen atoms in total. The molecule has 4 rings (SSSR count). The number of para-hydroxylation sites is 1. The van der Waals surface area contributed by atoms with Crippen LogP contribution >= 0.6 is 11.3 Å². The standard InChI is InChI=1S/C27H35N3O5S3/c1-20(17-21-9-4-3-5-10-21)28-19-22-11-6-7-12-24(22)30-37(31,32)26-15-14-23(18-25(26)35-2)29-38(33,34)27-13-8-16-36-27/h6-8,11-16,18,20-21,28-30H,3-5,9-10,17,19H2,1-2H3. The van der Waals surface area contributed by atoms with Crippen LogP contribution < -0.4 is 19.5 Å². The molecule has 3 N–H and O–H groups in total. The SMILES string of the molecule is COc1cc(NS(=O)(=O)c2cccs2)ccc1S(=O)(=O)Nc1ccccc1CNC(C)CC1CCCCC1. The number of ether oxygens (including phenoxy) is 1. The van der Waals surface area contributed by atoms with Crippen molar-refractivity contribution in [2.75, 3.05) is 16.6 Å². The summed E-state index contributed by atoms with van der Waals surface area (Å²) < 4.78 is 62.5. The fraction of sp³-hybridized carbons (Fsp3) is 0.407. The maximum absolute atomic E-state index is 13.4. The van der Waals surface area contributed by atoms with E-state index < -0.39 is 20.0 Å². The zero-order valence-electron chi connectivity index (χ0n) is 21.6. The molecule has 0 radical (unpaired) electrons. The molecule has 1 saturated carbocycles. The van der Waals surface area contributed by atoms with Crippen molar-refractivity contribution in [3.63, 3.8) is 0 Å². The van der Waals surface area contributed by atoms with E-state index in [0.717, 1.165) is 29.2 Å². The first-order valence-electron chi connectivity index (χ1n) is 12.8. The highest BCUT2D eigenvalue weighted by Crippen LogP contribution is 2.31. The van der Waals surface area contributed by atoms with E-state index in [4.69, 9.17) is 4.74 Å². The maximum Gasteiger partial charge on any atom is 0.271 e. The molecule has 11 heteroatoms. The van der Waals surface area contributed by atoms with Gasteiger partial charge in [-0.15, -0.1) is 11.3 Å². The number of methoxy groups -OCH3 is 1. The van der Waals surface area contributed by atoms with Gasteiger partial charge in [0.05, 0.1) is 18.5 Å². The Balaban J connectivity index is 1.46. The third-order valence-corrected chi connectivity index (χ3v) is 11.0. The van der Waals surface area contributed by atoms with Gasteiger partial charge in [0.2, 0.25) is 0 Å². The molecule has 3 aromatic rings. The van der Waals surface area contributed by atoms with Crippen molar-refractivity contribution in [1.82, 2.24) is 5.32 Å². The van der Waals surface area contributed by atoms with Gasteiger partial charge >= 0.3 is 0 Å². The summed E-state index contributed by atoms with van der Waals surface area (Å²) in [7, 11) is -6.46. The fourth-order valence-corrected chi connectivity index (χ4v) is 8.13. The highest BCUT2D eigenvalue weighted by molar-refractivity contribution is 7.94. The summed E-state index contributed by atoms with van der Waals surface area (Å²) in [6, 6.07) is 14.9. The average molecular weight is 578 g/mol. The summed E-state index contributed by atoms with van der Waals surface area (Å²) in [6.07, 6.45) is 7.66. The molecule has 0 saturated heterocycles. The Kier molecular flexibility index (Phi) is 9.35. The van der Waals surface area contributed by atoms with Gasteiger partial charge in [0.1, 0.15) is 14.9 Å². The van der Waals surface area contributed by atoms with Crippen molar-refractivity contribution in [3.05, 3.63) is 65.5 Å². The highest BCUT2D eigenvalue weighted by Gasteiger charge is 2.23. The second kappa shape index (κ2) is 12.5. The Labute approximate surface area is 229 Å². The Morgan fingerprint density at radius 3 is 2.42 bits per heavy atom. The van der Waals surface area contributed by atoms with E-state index in [1.807, 2.05) is 12.1 Å². The summed E-state index contributed by atoms with van der Waals surface area (Å²) in [5.74, 6) is 0.783. The summed E-state index contributed by atoms with van der Waals surface area (Å²) in [5.41, 5.74) is 1.52. The van der Waals surface area contributed by atoms with Crippen molar-refractivity contribution in [2.24, 2.45) is 5.92 Å². The van der Waals surface area contributed by atoms with Crippen molar-refractivity contribution in [3.8, 4) is 5.75 Å². The number of hydrogen-bond acceptors (Lipinski definition) is 7. The van der Waals surface area contributed by atoms with Gasteiger partial charge in [-0.3, -0.25) is 9.44 Å². The van der Waals surface area contributed by atoms with E-state index in [1.54, 1.807) is 23.6 Å². The van der Waals surface area contributed by atoms with Crippen LogP contribution in [0.25, 0.3) is 0 Å².